The number of H-pyrrole nitrogens is 2. The first kappa shape index (κ1) is 43.5. The highest BCUT2D eigenvalue weighted by Crippen LogP contribution is 2.46. The molecule has 1 aliphatic carbocycles. The third-order valence-electron chi connectivity index (χ3n) is 13.4. The number of benzene rings is 4. The molecule has 15 heteroatoms. The molecule has 2 aliphatic heterocycles. The first-order valence-electron chi connectivity index (χ1n) is 22.3. The fourth-order valence-corrected chi connectivity index (χ4v) is 10.2. The van der Waals surface area contributed by atoms with Crippen molar-refractivity contribution in [2.45, 2.75) is 70.7 Å². The normalized spacial score (nSPS) is 21.1. The minimum atomic E-state index is -0.874. The molecule has 338 valence electrons. The van der Waals surface area contributed by atoms with Gasteiger partial charge in [0.25, 0.3) is 0 Å². The highest BCUT2D eigenvalue weighted by atomic mass is 16.5. The summed E-state index contributed by atoms with van der Waals surface area (Å²) in [5.41, 5.74) is 7.21. The van der Waals surface area contributed by atoms with Crippen LogP contribution in [0.15, 0.2) is 79.0 Å². The van der Waals surface area contributed by atoms with E-state index in [1.54, 1.807) is 7.11 Å². The summed E-state index contributed by atoms with van der Waals surface area (Å²) in [7, 11) is 4.25. The van der Waals surface area contributed by atoms with Crippen molar-refractivity contribution in [2.24, 2.45) is 23.7 Å². The number of methoxy groups -OCH3 is 3. The Morgan fingerprint density at radius 2 is 1.66 bits per heavy atom. The lowest BCUT2D eigenvalue weighted by molar-refractivity contribution is -0.135. The highest BCUT2D eigenvalue weighted by molar-refractivity contribution is 6.07. The summed E-state index contributed by atoms with van der Waals surface area (Å²) < 4.78 is 21.7. The van der Waals surface area contributed by atoms with E-state index in [0.717, 1.165) is 67.7 Å². The van der Waals surface area contributed by atoms with E-state index in [1.807, 2.05) is 61.3 Å². The molecule has 0 spiro atoms. The molecular weight excluding hydrogens is 827 g/mol. The number of imidazole rings is 2. The van der Waals surface area contributed by atoms with Crippen LogP contribution in [0, 0.1) is 23.7 Å². The lowest BCUT2D eigenvalue weighted by Gasteiger charge is -2.30. The Balaban J connectivity index is 0.974. The molecule has 0 radical (unpaired) electrons. The van der Waals surface area contributed by atoms with Crippen molar-refractivity contribution in [1.29, 1.82) is 0 Å². The Morgan fingerprint density at radius 3 is 2.42 bits per heavy atom. The molecule has 4 aromatic carbocycles. The van der Waals surface area contributed by atoms with Crippen LogP contribution in [0.25, 0.3) is 44.2 Å². The van der Waals surface area contributed by atoms with Crippen LogP contribution >= 0.6 is 0 Å². The molecule has 4 N–H and O–H groups in total. The van der Waals surface area contributed by atoms with Crippen molar-refractivity contribution in [3.63, 3.8) is 0 Å². The van der Waals surface area contributed by atoms with Crippen LogP contribution in [-0.4, -0.2) is 89.2 Å². The van der Waals surface area contributed by atoms with Gasteiger partial charge < -0.3 is 44.4 Å². The largest absolute Gasteiger partial charge is 0.488 e. The van der Waals surface area contributed by atoms with E-state index in [0.29, 0.717) is 44.0 Å². The van der Waals surface area contributed by atoms with Crippen molar-refractivity contribution in [3.8, 4) is 28.1 Å². The van der Waals surface area contributed by atoms with E-state index in [-0.39, 0.29) is 41.4 Å². The predicted octanol–water partition coefficient (Wildman–Crippen LogP) is 8.38. The number of hydrogen-bond donors (Lipinski definition) is 4. The van der Waals surface area contributed by atoms with Gasteiger partial charge in [0.05, 0.1) is 43.2 Å². The van der Waals surface area contributed by atoms with Crippen LogP contribution in [0.3, 0.4) is 0 Å². The molecule has 15 nitrogen and oxygen atoms in total. The number of hydrogen-bond acceptors (Lipinski definition) is 10. The Morgan fingerprint density at radius 1 is 0.877 bits per heavy atom. The van der Waals surface area contributed by atoms with Crippen molar-refractivity contribution in [1.82, 2.24) is 35.5 Å². The van der Waals surface area contributed by atoms with Gasteiger partial charge in [0.1, 0.15) is 36.1 Å². The zero-order chi connectivity index (χ0) is 45.5. The molecule has 1 unspecified atom stereocenters. The summed E-state index contributed by atoms with van der Waals surface area (Å²) in [6.45, 7) is 7.37. The van der Waals surface area contributed by atoms with Gasteiger partial charge in [-0.15, -0.1) is 0 Å². The monoisotopic (exact) mass is 881 g/mol. The number of aromatic nitrogens is 4. The fraction of sp³-hybridized carbons (Fsp3) is 0.400. The topological polar surface area (TPSA) is 190 Å². The van der Waals surface area contributed by atoms with Gasteiger partial charge in [-0.3, -0.25) is 9.59 Å². The van der Waals surface area contributed by atoms with Gasteiger partial charge in [0.15, 0.2) is 5.78 Å². The lowest BCUT2D eigenvalue weighted by atomic mass is 9.85. The molecule has 6 aromatic rings. The van der Waals surface area contributed by atoms with E-state index in [2.05, 4.69) is 63.9 Å². The SMILES string of the molecule is COC[C@@H]1CC(C(=O)[C@H](NC(=O)OC)c2ccccc2)[C@H](c2ncc(-c3ccc4c(c3)COc3cc5c(ccc6[nH]c([C@@H]7C[C@H](C)CN7C(=O)[C@@H](NC(=O)OC)C(C)C)nc65)cc3-4)[nH]2)C1. The molecule has 3 aliphatic rings. The number of carbonyl (C=O) groups excluding carboxylic acids is 4. The van der Waals surface area contributed by atoms with Crippen LogP contribution < -0.4 is 15.4 Å². The van der Waals surface area contributed by atoms with E-state index in [1.165, 1.54) is 14.2 Å². The maximum atomic E-state index is 14.4. The second-order valence-corrected chi connectivity index (χ2v) is 18.1. The summed E-state index contributed by atoms with van der Waals surface area (Å²) >= 11 is 0. The molecule has 65 heavy (non-hydrogen) atoms. The molecule has 4 heterocycles. The highest BCUT2D eigenvalue weighted by Gasteiger charge is 2.44. The Bertz CT molecular complexity index is 2770. The number of alkyl carbamates (subject to hydrolysis) is 2. The number of nitrogens with zero attached hydrogens (tertiary/aromatic N) is 3. The van der Waals surface area contributed by atoms with Gasteiger partial charge in [-0.25, -0.2) is 19.6 Å². The molecule has 2 aromatic heterocycles. The fourth-order valence-electron chi connectivity index (χ4n) is 10.2. The molecule has 7 atom stereocenters. The molecule has 0 bridgehead atoms. The average molecular weight is 882 g/mol. The number of nitrogens with one attached hydrogen (secondary N) is 4. The zero-order valence-electron chi connectivity index (χ0n) is 37.5. The predicted molar refractivity (Wildman–Crippen MR) is 244 cm³/mol. The number of carbonyl (C=O) groups is 4. The number of fused-ring (bicyclic) bond motifs is 6. The van der Waals surface area contributed by atoms with Gasteiger partial charge in [-0.1, -0.05) is 69.3 Å². The summed E-state index contributed by atoms with van der Waals surface area (Å²) in [5.74, 6) is 1.56. The molecule has 1 saturated heterocycles. The number of aromatic amines is 2. The maximum absolute atomic E-state index is 14.4. The second kappa shape index (κ2) is 18.0. The second-order valence-electron chi connectivity index (χ2n) is 18.1. The molecule has 3 amide bonds. The van der Waals surface area contributed by atoms with Gasteiger partial charge >= 0.3 is 12.2 Å². The quantitative estimate of drug-likeness (QED) is 0.0929. The Kier molecular flexibility index (Phi) is 12.1. The number of Topliss-reactive ketones (excluding diaryl/α,β-unsaturated/α-hetero) is 1. The van der Waals surface area contributed by atoms with Crippen LogP contribution in [0.1, 0.15) is 80.8 Å². The minimum absolute atomic E-state index is 0.0954. The average Bonchev–Trinajstić information content (AvgIpc) is 4.15. The number of likely N-dealkylation sites (tertiary alicyclic amines) is 1. The Hall–Kier alpha value is -6.74. The van der Waals surface area contributed by atoms with Gasteiger partial charge in [-0.2, -0.15) is 0 Å². The van der Waals surface area contributed by atoms with Gasteiger partial charge in [0.2, 0.25) is 5.91 Å². The number of ether oxygens (including phenoxy) is 4. The molecule has 2 fully saturated rings. The van der Waals surface area contributed by atoms with E-state index in [4.69, 9.17) is 28.9 Å². The van der Waals surface area contributed by atoms with Crippen molar-refractivity contribution < 1.29 is 38.1 Å². The molecule has 9 rings (SSSR count). The summed E-state index contributed by atoms with van der Waals surface area (Å²) in [6, 6.07) is 22.0. The minimum Gasteiger partial charge on any atom is -0.488 e. The van der Waals surface area contributed by atoms with Crippen LogP contribution in [-0.2, 0) is 30.4 Å². The first-order valence-corrected chi connectivity index (χ1v) is 22.3. The van der Waals surface area contributed by atoms with Gasteiger partial charge in [-0.05, 0) is 88.9 Å². The summed E-state index contributed by atoms with van der Waals surface area (Å²) in [6.07, 6.45) is 2.57. The summed E-state index contributed by atoms with van der Waals surface area (Å²) in [4.78, 5) is 71.8. The number of amides is 3. The third kappa shape index (κ3) is 8.40. The third-order valence-corrected chi connectivity index (χ3v) is 13.4. The lowest BCUT2D eigenvalue weighted by Crippen LogP contribution is -2.51. The molecule has 1 saturated carbocycles. The van der Waals surface area contributed by atoms with Crippen LogP contribution in [0.5, 0.6) is 5.75 Å². The van der Waals surface area contributed by atoms with Crippen LogP contribution in [0.2, 0.25) is 0 Å². The van der Waals surface area contributed by atoms with Crippen LogP contribution in [0.4, 0.5) is 9.59 Å². The first-order chi connectivity index (χ1) is 31.4. The smallest absolute Gasteiger partial charge is 0.407 e. The number of ketones is 1. The summed E-state index contributed by atoms with van der Waals surface area (Å²) in [5, 5.41) is 7.46. The molecular formula is C50H55N7O8. The number of rotatable bonds is 12. The van der Waals surface area contributed by atoms with E-state index < -0.39 is 30.2 Å². The van der Waals surface area contributed by atoms with Crippen molar-refractivity contribution >= 4 is 45.7 Å². The maximum Gasteiger partial charge on any atom is 0.407 e. The Labute approximate surface area is 377 Å². The van der Waals surface area contributed by atoms with E-state index in [9.17, 15) is 19.2 Å². The van der Waals surface area contributed by atoms with Crippen molar-refractivity contribution in [3.05, 3.63) is 102 Å². The van der Waals surface area contributed by atoms with Gasteiger partial charge in [0, 0.05) is 43.0 Å². The van der Waals surface area contributed by atoms with E-state index >= 15 is 0 Å². The zero-order valence-corrected chi connectivity index (χ0v) is 37.5. The van der Waals surface area contributed by atoms with Crippen molar-refractivity contribution in [2.75, 3.05) is 34.5 Å². The standard InChI is InChI=1S/C50H55N7O8/c1-26(2)42(55-49(60)63-5)48(59)57-23-27(3)16-40(57)47-52-38-15-13-30-20-35-33-14-12-31(19-32(33)25-65-41(35)21-34(30)44(38)54-47)39-22-51-46(53-39)37-18-28(24-62-4)17-36(37)45(58)43(56-50(61)64-6)29-10-8-7-9-11-29/h7-15,19-22,26-28,36-37,40,42-43H,16-18,23-25H2,1-6H3,(H,51,53)(H,52,54)(H,55,60)(H,56,61)/t27-,28+,36?,37+,40-,42-,43+/m0/s1.